The van der Waals surface area contributed by atoms with Gasteiger partial charge in [0.1, 0.15) is 0 Å². The van der Waals surface area contributed by atoms with Crippen molar-refractivity contribution < 1.29 is 14.2 Å². The van der Waals surface area contributed by atoms with Gasteiger partial charge in [-0.05, 0) is 36.8 Å². The molecule has 0 heterocycles. The third kappa shape index (κ3) is 4.54. The van der Waals surface area contributed by atoms with Crippen LogP contribution in [0.15, 0.2) is 17.1 Å². The summed E-state index contributed by atoms with van der Waals surface area (Å²) in [5.41, 5.74) is 1.40. The Morgan fingerprint density at radius 1 is 1.04 bits per heavy atom. The van der Waals surface area contributed by atoms with Crippen LogP contribution in [0, 0.1) is 5.41 Å². The summed E-state index contributed by atoms with van der Waals surface area (Å²) in [7, 11) is 6.67. The second-order valence-electron chi connectivity index (χ2n) is 6.83. The Balaban J connectivity index is 2.02. The summed E-state index contributed by atoms with van der Waals surface area (Å²) in [5, 5.41) is 6.88. The van der Waals surface area contributed by atoms with Crippen LogP contribution in [0.5, 0.6) is 17.2 Å². The second-order valence-corrected chi connectivity index (χ2v) is 6.83. The Morgan fingerprint density at radius 2 is 1.73 bits per heavy atom. The molecular formula is C20H33N3O3. The Hall–Kier alpha value is -2.11. The SMILES string of the molecule is CCC1(CNC(=NC)NCc2ccc(OC)c(OC)c2OC)CCCC1. The van der Waals surface area contributed by atoms with E-state index in [1.165, 1.54) is 32.1 Å². The lowest BCUT2D eigenvalue weighted by Crippen LogP contribution is -2.42. The van der Waals surface area contributed by atoms with Gasteiger partial charge >= 0.3 is 0 Å². The zero-order valence-electron chi connectivity index (χ0n) is 16.8. The third-order valence-electron chi connectivity index (χ3n) is 5.50. The number of hydrogen-bond acceptors (Lipinski definition) is 4. The van der Waals surface area contributed by atoms with Crippen LogP contribution in [0.4, 0.5) is 0 Å². The average Bonchev–Trinajstić information content (AvgIpc) is 3.16. The molecular weight excluding hydrogens is 330 g/mol. The molecule has 146 valence electrons. The third-order valence-corrected chi connectivity index (χ3v) is 5.50. The van der Waals surface area contributed by atoms with Gasteiger partial charge < -0.3 is 24.8 Å². The summed E-state index contributed by atoms with van der Waals surface area (Å²) in [6, 6.07) is 3.87. The molecule has 6 nitrogen and oxygen atoms in total. The van der Waals surface area contributed by atoms with Crippen molar-refractivity contribution in [3.05, 3.63) is 17.7 Å². The number of methoxy groups -OCH3 is 3. The molecule has 0 saturated heterocycles. The Morgan fingerprint density at radius 3 is 2.27 bits per heavy atom. The fourth-order valence-electron chi connectivity index (χ4n) is 3.75. The highest BCUT2D eigenvalue weighted by atomic mass is 16.5. The fraction of sp³-hybridized carbons (Fsp3) is 0.650. The molecule has 0 radical (unpaired) electrons. The number of rotatable bonds is 8. The van der Waals surface area contributed by atoms with Gasteiger partial charge in [-0.15, -0.1) is 0 Å². The van der Waals surface area contributed by atoms with Crippen LogP contribution in [-0.2, 0) is 6.54 Å². The van der Waals surface area contributed by atoms with Crippen molar-refractivity contribution in [3.63, 3.8) is 0 Å². The summed E-state index contributed by atoms with van der Waals surface area (Å²) >= 11 is 0. The number of hydrogen-bond donors (Lipinski definition) is 2. The average molecular weight is 364 g/mol. The molecule has 1 saturated carbocycles. The lowest BCUT2D eigenvalue weighted by molar-refractivity contribution is 0.283. The minimum Gasteiger partial charge on any atom is -0.493 e. The van der Waals surface area contributed by atoms with Gasteiger partial charge in [0.25, 0.3) is 0 Å². The van der Waals surface area contributed by atoms with Crippen molar-refractivity contribution >= 4 is 5.96 Å². The summed E-state index contributed by atoms with van der Waals surface area (Å²) in [6.45, 7) is 3.84. The predicted molar refractivity (Wildman–Crippen MR) is 105 cm³/mol. The van der Waals surface area contributed by atoms with Gasteiger partial charge in [0, 0.05) is 25.7 Å². The van der Waals surface area contributed by atoms with E-state index in [0.29, 0.717) is 29.2 Å². The predicted octanol–water partition coefficient (Wildman–Crippen LogP) is 3.35. The van der Waals surface area contributed by atoms with Gasteiger partial charge in [-0.1, -0.05) is 19.8 Å². The molecule has 0 bridgehead atoms. The number of ether oxygens (including phenoxy) is 3. The molecule has 1 aliphatic rings. The summed E-state index contributed by atoms with van der Waals surface area (Å²) in [6.07, 6.45) is 6.49. The van der Waals surface area contributed by atoms with Crippen molar-refractivity contribution in [2.24, 2.45) is 10.4 Å². The standard InChI is InChI=1S/C20H33N3O3/c1-6-20(11-7-8-12-20)14-23-19(21-2)22-13-15-9-10-16(24-3)18(26-5)17(15)25-4/h9-10H,6-8,11-14H2,1-5H3,(H2,21,22,23). The van der Waals surface area contributed by atoms with Crippen molar-refractivity contribution in [1.82, 2.24) is 10.6 Å². The largest absolute Gasteiger partial charge is 0.493 e. The Bertz CT molecular complexity index is 611. The van der Waals surface area contributed by atoms with E-state index in [0.717, 1.165) is 18.1 Å². The molecule has 0 aromatic heterocycles. The summed E-state index contributed by atoms with van der Waals surface area (Å²) in [4.78, 5) is 4.36. The Kier molecular flexibility index (Phi) is 7.42. The van der Waals surface area contributed by atoms with E-state index >= 15 is 0 Å². The quantitative estimate of drug-likeness (QED) is 0.548. The Labute approximate surface area is 157 Å². The van der Waals surface area contributed by atoms with Gasteiger partial charge in [-0.2, -0.15) is 0 Å². The van der Waals surface area contributed by atoms with Crippen LogP contribution >= 0.6 is 0 Å². The van der Waals surface area contributed by atoms with Crippen molar-refractivity contribution in [2.45, 2.75) is 45.6 Å². The molecule has 1 aromatic carbocycles. The fourth-order valence-corrected chi connectivity index (χ4v) is 3.75. The van der Waals surface area contributed by atoms with Crippen LogP contribution < -0.4 is 24.8 Å². The highest BCUT2D eigenvalue weighted by Gasteiger charge is 2.31. The van der Waals surface area contributed by atoms with Crippen LogP contribution in [-0.4, -0.2) is 40.9 Å². The maximum Gasteiger partial charge on any atom is 0.203 e. The minimum absolute atomic E-state index is 0.415. The molecule has 26 heavy (non-hydrogen) atoms. The zero-order chi connectivity index (χ0) is 19.0. The highest BCUT2D eigenvalue weighted by molar-refractivity contribution is 5.79. The van der Waals surface area contributed by atoms with E-state index in [1.54, 1.807) is 28.4 Å². The minimum atomic E-state index is 0.415. The maximum absolute atomic E-state index is 5.55. The molecule has 0 unspecified atom stereocenters. The van der Waals surface area contributed by atoms with Gasteiger partial charge in [0.15, 0.2) is 17.5 Å². The maximum atomic E-state index is 5.55. The first kappa shape index (κ1) is 20.2. The second kappa shape index (κ2) is 9.55. The molecule has 0 aliphatic heterocycles. The molecule has 1 fully saturated rings. The lowest BCUT2D eigenvalue weighted by Gasteiger charge is -2.28. The zero-order valence-corrected chi connectivity index (χ0v) is 16.8. The number of aliphatic imine (C=N–C) groups is 1. The molecule has 6 heteroatoms. The topological polar surface area (TPSA) is 64.1 Å². The van der Waals surface area contributed by atoms with Crippen LogP contribution in [0.25, 0.3) is 0 Å². The van der Waals surface area contributed by atoms with E-state index in [9.17, 15) is 0 Å². The summed E-state index contributed by atoms with van der Waals surface area (Å²) in [5.74, 6) is 2.74. The molecule has 0 atom stereocenters. The van der Waals surface area contributed by atoms with Gasteiger partial charge in [-0.25, -0.2) is 0 Å². The molecule has 1 aliphatic carbocycles. The smallest absolute Gasteiger partial charge is 0.203 e. The summed E-state index contributed by atoms with van der Waals surface area (Å²) < 4.78 is 16.3. The highest BCUT2D eigenvalue weighted by Crippen LogP contribution is 2.40. The van der Waals surface area contributed by atoms with Crippen molar-refractivity contribution in [1.29, 1.82) is 0 Å². The van der Waals surface area contributed by atoms with Gasteiger partial charge in [0.2, 0.25) is 5.75 Å². The molecule has 2 rings (SSSR count). The number of guanidine groups is 1. The van der Waals surface area contributed by atoms with Crippen molar-refractivity contribution in [3.8, 4) is 17.2 Å². The monoisotopic (exact) mass is 363 g/mol. The number of benzene rings is 1. The van der Waals surface area contributed by atoms with E-state index in [1.807, 2.05) is 12.1 Å². The first-order valence-corrected chi connectivity index (χ1v) is 9.35. The van der Waals surface area contributed by atoms with E-state index in [-0.39, 0.29) is 0 Å². The number of nitrogens with zero attached hydrogens (tertiary/aromatic N) is 1. The first-order chi connectivity index (χ1) is 12.6. The molecule has 0 spiro atoms. The lowest BCUT2D eigenvalue weighted by atomic mass is 9.83. The normalized spacial score (nSPS) is 16.3. The van der Waals surface area contributed by atoms with Crippen LogP contribution in [0.3, 0.4) is 0 Å². The van der Waals surface area contributed by atoms with Crippen LogP contribution in [0.2, 0.25) is 0 Å². The molecule has 1 aromatic rings. The van der Waals surface area contributed by atoms with Gasteiger partial charge in [-0.3, -0.25) is 4.99 Å². The van der Waals surface area contributed by atoms with E-state index in [2.05, 4.69) is 22.5 Å². The molecule has 0 amide bonds. The van der Waals surface area contributed by atoms with E-state index < -0.39 is 0 Å². The van der Waals surface area contributed by atoms with Crippen molar-refractivity contribution in [2.75, 3.05) is 34.9 Å². The van der Waals surface area contributed by atoms with Gasteiger partial charge in [0.05, 0.1) is 21.3 Å². The first-order valence-electron chi connectivity index (χ1n) is 9.35. The van der Waals surface area contributed by atoms with Crippen LogP contribution in [0.1, 0.15) is 44.6 Å². The number of nitrogens with one attached hydrogen (secondary N) is 2. The van der Waals surface area contributed by atoms with E-state index in [4.69, 9.17) is 14.2 Å². The molecule has 2 N–H and O–H groups in total.